The Labute approximate surface area is 140 Å². The third kappa shape index (κ3) is 4.83. The normalized spacial score (nSPS) is 28.3. The first-order chi connectivity index (χ1) is 11.1. The molecule has 2 saturated carbocycles. The van der Waals surface area contributed by atoms with Gasteiger partial charge in [0.25, 0.3) is 0 Å². The van der Waals surface area contributed by atoms with Gasteiger partial charge in [0.05, 0.1) is 6.10 Å². The summed E-state index contributed by atoms with van der Waals surface area (Å²) in [5, 5.41) is 13.2. The number of amides is 2. The van der Waals surface area contributed by atoms with Gasteiger partial charge in [-0.25, -0.2) is 4.79 Å². The number of likely N-dealkylation sites (N-methyl/N-ethyl adjacent to an activating group) is 1. The molecule has 3 rings (SSSR count). The van der Waals surface area contributed by atoms with Crippen LogP contribution < -0.4 is 5.32 Å². The number of likely N-dealkylation sites (tertiary alicyclic amines) is 1. The molecule has 0 spiro atoms. The zero-order valence-electron chi connectivity index (χ0n) is 14.5. The van der Waals surface area contributed by atoms with Crippen molar-refractivity contribution in [1.82, 2.24) is 15.1 Å². The minimum absolute atomic E-state index is 0.0276. The minimum atomic E-state index is -0.351. The van der Waals surface area contributed by atoms with Crippen LogP contribution in [0.25, 0.3) is 0 Å². The molecule has 0 bridgehead atoms. The van der Waals surface area contributed by atoms with E-state index in [1.54, 1.807) is 11.9 Å². The average molecular weight is 323 g/mol. The quantitative estimate of drug-likeness (QED) is 0.815. The first-order valence-electron chi connectivity index (χ1n) is 9.57. The summed E-state index contributed by atoms with van der Waals surface area (Å²) in [5.41, 5.74) is 0. The van der Waals surface area contributed by atoms with Gasteiger partial charge in [-0.2, -0.15) is 0 Å². The molecule has 2 aliphatic carbocycles. The van der Waals surface area contributed by atoms with Crippen LogP contribution in [-0.4, -0.2) is 65.8 Å². The Morgan fingerprint density at radius 2 is 1.91 bits per heavy atom. The lowest BCUT2D eigenvalue weighted by atomic mass is 9.92. The number of nitrogens with one attached hydrogen (secondary N) is 1. The average Bonchev–Trinajstić information content (AvgIpc) is 3.41. The van der Waals surface area contributed by atoms with Crippen LogP contribution >= 0.6 is 0 Å². The number of urea groups is 1. The van der Waals surface area contributed by atoms with E-state index in [1.807, 2.05) is 0 Å². The fourth-order valence-corrected chi connectivity index (χ4v) is 4.18. The van der Waals surface area contributed by atoms with Gasteiger partial charge in [-0.05, 0) is 51.0 Å². The zero-order chi connectivity index (χ0) is 16.2. The molecule has 2 atom stereocenters. The summed E-state index contributed by atoms with van der Waals surface area (Å²) in [5.74, 6) is 0.418. The van der Waals surface area contributed by atoms with E-state index in [0.29, 0.717) is 12.5 Å². The van der Waals surface area contributed by atoms with Crippen LogP contribution in [0.15, 0.2) is 0 Å². The number of piperidine rings is 1. The van der Waals surface area contributed by atoms with Crippen LogP contribution in [-0.2, 0) is 0 Å². The van der Waals surface area contributed by atoms with Gasteiger partial charge in [-0.1, -0.05) is 19.3 Å². The second-order valence-corrected chi connectivity index (χ2v) is 7.86. The van der Waals surface area contributed by atoms with Gasteiger partial charge in [0.1, 0.15) is 0 Å². The van der Waals surface area contributed by atoms with E-state index in [-0.39, 0.29) is 18.2 Å². The van der Waals surface area contributed by atoms with Crippen LogP contribution in [0.2, 0.25) is 0 Å². The van der Waals surface area contributed by atoms with Crippen molar-refractivity contribution in [2.75, 3.05) is 26.7 Å². The fourth-order valence-electron chi connectivity index (χ4n) is 4.18. The van der Waals surface area contributed by atoms with Crippen molar-refractivity contribution in [2.24, 2.45) is 5.92 Å². The summed E-state index contributed by atoms with van der Waals surface area (Å²) < 4.78 is 0. The van der Waals surface area contributed by atoms with Crippen molar-refractivity contribution in [3.8, 4) is 0 Å². The number of hydrogen-bond acceptors (Lipinski definition) is 3. The van der Waals surface area contributed by atoms with E-state index in [0.717, 1.165) is 31.8 Å². The fraction of sp³-hybridized carbons (Fsp3) is 0.944. The van der Waals surface area contributed by atoms with Gasteiger partial charge in [0, 0.05) is 32.2 Å². The Balaban J connectivity index is 1.43. The highest BCUT2D eigenvalue weighted by Gasteiger charge is 2.32. The minimum Gasteiger partial charge on any atom is -0.391 e. The van der Waals surface area contributed by atoms with Crippen LogP contribution in [0.3, 0.4) is 0 Å². The molecule has 5 heteroatoms. The van der Waals surface area contributed by atoms with E-state index >= 15 is 0 Å². The molecule has 2 amide bonds. The Kier molecular flexibility index (Phi) is 5.81. The maximum atomic E-state index is 12.4. The van der Waals surface area contributed by atoms with Crippen molar-refractivity contribution in [3.05, 3.63) is 0 Å². The van der Waals surface area contributed by atoms with Gasteiger partial charge in [0.2, 0.25) is 0 Å². The van der Waals surface area contributed by atoms with Crippen LogP contribution in [0.1, 0.15) is 57.8 Å². The van der Waals surface area contributed by atoms with Crippen molar-refractivity contribution >= 4 is 6.03 Å². The summed E-state index contributed by atoms with van der Waals surface area (Å²) in [6.45, 7) is 2.64. The predicted octanol–water partition coefficient (Wildman–Crippen LogP) is 2.20. The lowest BCUT2D eigenvalue weighted by molar-refractivity contribution is 0.0991. The van der Waals surface area contributed by atoms with E-state index in [2.05, 4.69) is 10.2 Å². The molecule has 0 aromatic carbocycles. The van der Waals surface area contributed by atoms with Crippen molar-refractivity contribution < 1.29 is 9.90 Å². The second-order valence-electron chi connectivity index (χ2n) is 7.86. The molecule has 132 valence electrons. The summed E-state index contributed by atoms with van der Waals surface area (Å²) in [6, 6.07) is 0.969. The molecule has 1 aliphatic heterocycles. The largest absolute Gasteiger partial charge is 0.391 e. The molecule has 3 fully saturated rings. The number of aliphatic hydroxyl groups is 1. The van der Waals surface area contributed by atoms with E-state index in [9.17, 15) is 9.90 Å². The Morgan fingerprint density at radius 3 is 2.61 bits per heavy atom. The lowest BCUT2D eigenvalue weighted by Crippen LogP contribution is -2.54. The molecule has 0 radical (unpaired) electrons. The van der Waals surface area contributed by atoms with Gasteiger partial charge < -0.3 is 15.3 Å². The topological polar surface area (TPSA) is 55.8 Å². The molecule has 2 N–H and O–H groups in total. The molecule has 1 saturated heterocycles. The summed E-state index contributed by atoms with van der Waals surface area (Å²) in [4.78, 5) is 16.6. The standard InChI is InChI=1S/C18H33N3O2/c1-20(13-17(22)14-9-10-14)18(23)19-15-6-5-11-21(12-15)16-7-3-2-4-8-16/h14-17,22H,2-13H2,1H3,(H,19,23)/t15-,17+/m0/s1. The molecule has 0 unspecified atom stereocenters. The molecular formula is C18H33N3O2. The zero-order valence-corrected chi connectivity index (χ0v) is 14.5. The number of aliphatic hydroxyl groups excluding tert-OH is 1. The Morgan fingerprint density at radius 1 is 1.17 bits per heavy atom. The van der Waals surface area contributed by atoms with Gasteiger partial charge in [0.15, 0.2) is 0 Å². The highest BCUT2D eigenvalue weighted by atomic mass is 16.3. The molecule has 0 aromatic heterocycles. The number of carbonyl (C=O) groups excluding carboxylic acids is 1. The van der Waals surface area contributed by atoms with Crippen molar-refractivity contribution in [1.29, 1.82) is 0 Å². The van der Waals surface area contributed by atoms with Crippen LogP contribution in [0.4, 0.5) is 4.79 Å². The SMILES string of the molecule is CN(C[C@@H](O)C1CC1)C(=O)N[C@H]1CCCN(C2CCCCC2)C1. The third-order valence-electron chi connectivity index (χ3n) is 5.85. The van der Waals surface area contributed by atoms with Crippen LogP contribution in [0, 0.1) is 5.92 Å². The van der Waals surface area contributed by atoms with Crippen molar-refractivity contribution in [3.63, 3.8) is 0 Å². The Bertz CT molecular complexity index is 394. The molecule has 1 heterocycles. The number of rotatable bonds is 5. The smallest absolute Gasteiger partial charge is 0.317 e. The Hall–Kier alpha value is -0.810. The molecule has 0 aromatic rings. The molecule has 23 heavy (non-hydrogen) atoms. The molecular weight excluding hydrogens is 290 g/mol. The lowest BCUT2D eigenvalue weighted by Gasteiger charge is -2.40. The molecule has 5 nitrogen and oxygen atoms in total. The van der Waals surface area contributed by atoms with Gasteiger partial charge in [-0.15, -0.1) is 0 Å². The first kappa shape index (κ1) is 17.0. The maximum absolute atomic E-state index is 12.4. The van der Waals surface area contributed by atoms with E-state index in [1.165, 1.54) is 45.1 Å². The third-order valence-corrected chi connectivity index (χ3v) is 5.85. The van der Waals surface area contributed by atoms with Crippen LogP contribution in [0.5, 0.6) is 0 Å². The highest BCUT2D eigenvalue weighted by Crippen LogP contribution is 2.32. The monoisotopic (exact) mass is 323 g/mol. The van der Waals surface area contributed by atoms with E-state index < -0.39 is 0 Å². The summed E-state index contributed by atoms with van der Waals surface area (Å²) in [6.07, 6.45) is 10.9. The number of carbonyl (C=O) groups is 1. The number of nitrogens with zero attached hydrogens (tertiary/aromatic N) is 2. The number of hydrogen-bond donors (Lipinski definition) is 2. The summed E-state index contributed by atoms with van der Waals surface area (Å²) in [7, 11) is 1.79. The predicted molar refractivity (Wildman–Crippen MR) is 91.4 cm³/mol. The van der Waals surface area contributed by atoms with Gasteiger partial charge in [-0.3, -0.25) is 4.90 Å². The second kappa shape index (κ2) is 7.84. The molecule has 3 aliphatic rings. The summed E-state index contributed by atoms with van der Waals surface area (Å²) >= 11 is 0. The highest BCUT2D eigenvalue weighted by molar-refractivity contribution is 5.74. The van der Waals surface area contributed by atoms with Crippen molar-refractivity contribution in [2.45, 2.75) is 76.0 Å². The van der Waals surface area contributed by atoms with E-state index in [4.69, 9.17) is 0 Å². The first-order valence-corrected chi connectivity index (χ1v) is 9.57. The van der Waals surface area contributed by atoms with Gasteiger partial charge >= 0.3 is 6.03 Å². The maximum Gasteiger partial charge on any atom is 0.317 e.